The number of aromatic nitrogens is 1. The molecule has 0 amide bonds. The fraction of sp³-hybridized carbons (Fsp3) is 0.0164. The van der Waals surface area contributed by atoms with E-state index in [1.165, 1.54) is 44.5 Å². The number of rotatable bonds is 4. The first-order chi connectivity index (χ1) is 32.3. The summed E-state index contributed by atoms with van der Waals surface area (Å²) in [7, 11) is 0. The maximum Gasteiger partial charge on any atom is 0.159 e. The molecule has 3 heterocycles. The predicted molar refractivity (Wildman–Crippen MR) is 266 cm³/mol. The lowest BCUT2D eigenvalue weighted by Crippen LogP contribution is -2.26. The number of para-hydroxylation sites is 4. The third kappa shape index (κ3) is 4.45. The number of hydrogen-bond donors (Lipinski definition) is 0. The van der Waals surface area contributed by atoms with Gasteiger partial charge in [0, 0.05) is 49.6 Å². The summed E-state index contributed by atoms with van der Waals surface area (Å²) < 4.78 is 16.0. The maximum atomic E-state index is 6.99. The number of furan rings is 2. The zero-order valence-electron chi connectivity index (χ0n) is 35.0. The summed E-state index contributed by atoms with van der Waals surface area (Å²) in [6.07, 6.45) is 0. The molecule has 0 unspecified atom stereocenters. The molecular weight excluding hydrogens is 793 g/mol. The van der Waals surface area contributed by atoms with Crippen LogP contribution in [0.1, 0.15) is 22.3 Å². The topological polar surface area (TPSA) is 34.5 Å². The molecule has 0 aliphatic heterocycles. The molecule has 4 heteroatoms. The van der Waals surface area contributed by atoms with Gasteiger partial charge in [-0.25, -0.2) is 0 Å². The molecule has 2 aliphatic carbocycles. The molecule has 15 rings (SSSR count). The van der Waals surface area contributed by atoms with Gasteiger partial charge in [-0.1, -0.05) is 158 Å². The molecular formula is C61H36N2O2. The predicted octanol–water partition coefficient (Wildman–Crippen LogP) is 16.4. The van der Waals surface area contributed by atoms with Crippen LogP contribution < -0.4 is 4.90 Å². The second-order valence-electron chi connectivity index (χ2n) is 17.5. The van der Waals surface area contributed by atoms with Crippen LogP contribution >= 0.6 is 0 Å². The van der Waals surface area contributed by atoms with Crippen molar-refractivity contribution in [2.24, 2.45) is 0 Å². The Bertz CT molecular complexity index is 4100. The first-order valence-electron chi connectivity index (χ1n) is 22.3. The Hall–Kier alpha value is -8.60. The van der Waals surface area contributed by atoms with Crippen molar-refractivity contribution in [1.82, 2.24) is 4.57 Å². The summed E-state index contributed by atoms with van der Waals surface area (Å²) in [5.41, 5.74) is 19.6. The number of benzene rings is 10. The zero-order chi connectivity index (χ0) is 42.4. The van der Waals surface area contributed by atoms with Crippen molar-refractivity contribution in [2.45, 2.75) is 5.41 Å². The van der Waals surface area contributed by atoms with E-state index < -0.39 is 5.41 Å². The minimum absolute atomic E-state index is 0.505. The fourth-order valence-corrected chi connectivity index (χ4v) is 11.9. The highest BCUT2D eigenvalue weighted by atomic mass is 16.3. The van der Waals surface area contributed by atoms with Crippen LogP contribution in [0.15, 0.2) is 227 Å². The lowest BCUT2D eigenvalue weighted by Gasteiger charge is -2.32. The summed E-state index contributed by atoms with van der Waals surface area (Å²) in [4.78, 5) is 2.50. The van der Waals surface area contributed by atoms with E-state index in [4.69, 9.17) is 8.83 Å². The Labute approximate surface area is 373 Å². The minimum Gasteiger partial charge on any atom is -0.456 e. The van der Waals surface area contributed by atoms with E-state index in [0.29, 0.717) is 0 Å². The van der Waals surface area contributed by atoms with Crippen molar-refractivity contribution in [2.75, 3.05) is 4.90 Å². The smallest absolute Gasteiger partial charge is 0.159 e. The Kier molecular flexibility index (Phi) is 6.85. The van der Waals surface area contributed by atoms with Crippen LogP contribution in [0.25, 0.3) is 93.6 Å². The fourth-order valence-electron chi connectivity index (χ4n) is 11.9. The third-order valence-corrected chi connectivity index (χ3v) is 14.4. The average molecular weight is 829 g/mol. The van der Waals surface area contributed by atoms with Gasteiger partial charge in [-0.2, -0.15) is 0 Å². The molecule has 0 atom stereocenters. The van der Waals surface area contributed by atoms with E-state index in [-0.39, 0.29) is 0 Å². The number of anilines is 3. The van der Waals surface area contributed by atoms with Gasteiger partial charge in [0.15, 0.2) is 5.58 Å². The van der Waals surface area contributed by atoms with Gasteiger partial charge in [0.1, 0.15) is 16.7 Å². The molecule has 0 saturated carbocycles. The number of fused-ring (bicyclic) bond motifs is 19. The second-order valence-corrected chi connectivity index (χ2v) is 17.5. The zero-order valence-corrected chi connectivity index (χ0v) is 35.0. The number of nitrogens with zero attached hydrogens (tertiary/aromatic N) is 2. The van der Waals surface area contributed by atoms with E-state index in [9.17, 15) is 0 Å². The van der Waals surface area contributed by atoms with Gasteiger partial charge in [-0.05, 0) is 93.5 Å². The Morgan fingerprint density at radius 1 is 0.354 bits per heavy atom. The van der Waals surface area contributed by atoms with Gasteiger partial charge in [0.05, 0.1) is 33.5 Å². The van der Waals surface area contributed by atoms with Crippen molar-refractivity contribution in [3.05, 3.63) is 241 Å². The van der Waals surface area contributed by atoms with E-state index in [0.717, 1.165) is 88.4 Å². The van der Waals surface area contributed by atoms with E-state index in [2.05, 4.69) is 222 Å². The van der Waals surface area contributed by atoms with E-state index in [1.54, 1.807) is 0 Å². The Morgan fingerprint density at radius 2 is 0.908 bits per heavy atom. The second kappa shape index (κ2) is 12.7. The normalized spacial score (nSPS) is 13.4. The summed E-state index contributed by atoms with van der Waals surface area (Å²) in [5, 5.41) is 6.66. The van der Waals surface area contributed by atoms with Gasteiger partial charge in [-0.3, -0.25) is 0 Å². The molecule has 0 saturated heterocycles. The molecule has 65 heavy (non-hydrogen) atoms. The molecule has 3 aromatic heterocycles. The summed E-state index contributed by atoms with van der Waals surface area (Å²) >= 11 is 0. The highest BCUT2D eigenvalue weighted by Gasteiger charge is 2.52. The molecule has 0 N–H and O–H groups in total. The monoisotopic (exact) mass is 828 g/mol. The largest absolute Gasteiger partial charge is 0.456 e. The Morgan fingerprint density at radius 3 is 1.68 bits per heavy atom. The maximum absolute atomic E-state index is 6.99. The van der Waals surface area contributed by atoms with Crippen molar-refractivity contribution >= 4 is 82.7 Å². The molecule has 4 nitrogen and oxygen atoms in total. The quantitative estimate of drug-likeness (QED) is 0.177. The van der Waals surface area contributed by atoms with Crippen LogP contribution in [0.2, 0.25) is 0 Å². The van der Waals surface area contributed by atoms with Gasteiger partial charge in [-0.15, -0.1) is 0 Å². The highest BCUT2D eigenvalue weighted by molar-refractivity contribution is 6.23. The summed E-state index contributed by atoms with van der Waals surface area (Å²) in [6, 6.07) is 79.5. The molecule has 0 fully saturated rings. The van der Waals surface area contributed by atoms with Gasteiger partial charge in [0.25, 0.3) is 0 Å². The lowest BCUT2D eigenvalue weighted by atomic mass is 9.70. The standard InChI is InChI=1S/C61H36N2O2/c1-2-17-37(18-3-1)62-51-30-16-31-52(59(51)45-35-44-41-22-8-12-33-55(41)64-57(44)36-54(45)62)63(53-32-14-24-42-40-21-7-13-34-56(40)65-60(42)53)50-29-15-28-49-58(50)43-23-6-11-27-48(43)61(49)46-25-9-4-19-38(46)39-20-5-10-26-47(39)61/h1-36H. The van der Waals surface area contributed by atoms with Gasteiger partial charge >= 0.3 is 0 Å². The van der Waals surface area contributed by atoms with Crippen molar-refractivity contribution in [3.63, 3.8) is 0 Å². The Balaban J connectivity index is 1.11. The van der Waals surface area contributed by atoms with Crippen LogP contribution in [0.3, 0.4) is 0 Å². The third-order valence-electron chi connectivity index (χ3n) is 14.4. The van der Waals surface area contributed by atoms with E-state index >= 15 is 0 Å². The van der Waals surface area contributed by atoms with E-state index in [1.807, 2.05) is 6.07 Å². The molecule has 0 radical (unpaired) electrons. The first kappa shape index (κ1) is 34.9. The molecule has 10 aromatic carbocycles. The van der Waals surface area contributed by atoms with Crippen LogP contribution in [0.4, 0.5) is 17.1 Å². The van der Waals surface area contributed by atoms with Crippen LogP contribution in [0, 0.1) is 0 Å². The summed E-state index contributed by atoms with van der Waals surface area (Å²) in [5.74, 6) is 0. The van der Waals surface area contributed by atoms with Crippen molar-refractivity contribution < 1.29 is 8.83 Å². The summed E-state index contributed by atoms with van der Waals surface area (Å²) in [6.45, 7) is 0. The van der Waals surface area contributed by atoms with Crippen LogP contribution in [-0.2, 0) is 5.41 Å². The average Bonchev–Trinajstić information content (AvgIpc) is 4.16. The van der Waals surface area contributed by atoms with Crippen LogP contribution in [0.5, 0.6) is 0 Å². The first-order valence-corrected chi connectivity index (χ1v) is 22.3. The molecule has 302 valence electrons. The SMILES string of the molecule is c1ccc(-n2c3cc4oc5ccccc5c4cc3c3c(N(c4cccc5c4-c4ccccc4C54c5ccccc5-c5ccccc54)c4cccc5c4oc4ccccc45)cccc32)cc1. The number of hydrogen-bond acceptors (Lipinski definition) is 3. The van der Waals surface area contributed by atoms with Crippen molar-refractivity contribution in [1.29, 1.82) is 0 Å². The minimum atomic E-state index is -0.505. The highest BCUT2D eigenvalue weighted by Crippen LogP contribution is 2.65. The van der Waals surface area contributed by atoms with Gasteiger partial charge in [0.2, 0.25) is 0 Å². The van der Waals surface area contributed by atoms with Crippen LogP contribution in [-0.4, -0.2) is 4.57 Å². The molecule has 0 bridgehead atoms. The molecule has 13 aromatic rings. The van der Waals surface area contributed by atoms with Crippen molar-refractivity contribution in [3.8, 4) is 27.9 Å². The lowest BCUT2D eigenvalue weighted by molar-refractivity contribution is 0.669. The molecule has 2 aliphatic rings. The van der Waals surface area contributed by atoms with Gasteiger partial charge < -0.3 is 18.3 Å². The molecule has 1 spiro atoms.